The second-order valence-corrected chi connectivity index (χ2v) is 8.04. The number of halogens is 2. The quantitative estimate of drug-likeness (QED) is 0.274. The maximum atomic E-state index is 14.0. The summed E-state index contributed by atoms with van der Waals surface area (Å²) in [4.78, 5) is 4.38. The fraction of sp³-hybridized carbons (Fsp3) is 0.0833. The Balaban J connectivity index is 1.35. The molecule has 0 fully saturated rings. The Bertz CT molecular complexity index is 1390. The topological polar surface area (TPSA) is 78.9 Å². The van der Waals surface area contributed by atoms with E-state index in [1.807, 2.05) is 34.9 Å². The zero-order chi connectivity index (χ0) is 23.3. The molecule has 5 rings (SSSR count). The van der Waals surface area contributed by atoms with Gasteiger partial charge in [-0.1, -0.05) is 47.3 Å². The Morgan fingerprint density at radius 2 is 1.65 bits per heavy atom. The molecule has 0 amide bonds. The molecule has 3 aromatic carbocycles. The average molecular weight is 477 g/mol. The summed E-state index contributed by atoms with van der Waals surface area (Å²) >= 11 is 1.36. The number of thioether (sulfide) groups is 1. The number of aromatic nitrogens is 5. The highest BCUT2D eigenvalue weighted by Gasteiger charge is 2.17. The Hall–Kier alpha value is -4.05. The minimum Gasteiger partial charge on any atom is -0.483 e. The summed E-state index contributed by atoms with van der Waals surface area (Å²) in [5, 5.41) is 13.1. The van der Waals surface area contributed by atoms with E-state index in [0.29, 0.717) is 34.0 Å². The monoisotopic (exact) mass is 477 g/mol. The average Bonchev–Trinajstić information content (AvgIpc) is 3.50. The summed E-state index contributed by atoms with van der Waals surface area (Å²) in [6, 6.07) is 21.6. The van der Waals surface area contributed by atoms with Crippen molar-refractivity contribution >= 4 is 11.8 Å². The molecule has 5 aromatic rings. The molecule has 2 aromatic heterocycles. The number of ether oxygens (including phenoxy) is 1. The second-order valence-electron chi connectivity index (χ2n) is 7.10. The van der Waals surface area contributed by atoms with Gasteiger partial charge in [0.15, 0.2) is 22.5 Å². The number of hydrogen-bond donors (Lipinski definition) is 0. The molecule has 0 saturated heterocycles. The van der Waals surface area contributed by atoms with Crippen molar-refractivity contribution in [3.63, 3.8) is 0 Å². The van der Waals surface area contributed by atoms with Crippen LogP contribution in [0.1, 0.15) is 11.7 Å². The standard InChI is InChI=1S/C24H17F2N5O2S/c25-17-12-10-16(11-13-17)23-27-22(33-30-23)15-34-24-29-28-21(31(24)18-6-2-1-3-7-18)14-32-20-9-5-4-8-19(20)26/h1-13H,14-15H2. The molecule has 0 atom stereocenters. The summed E-state index contributed by atoms with van der Waals surface area (Å²) in [7, 11) is 0. The first kappa shape index (κ1) is 21.8. The summed E-state index contributed by atoms with van der Waals surface area (Å²) in [5.74, 6) is 0.963. The first-order valence-corrected chi connectivity index (χ1v) is 11.2. The van der Waals surface area contributed by atoms with Crippen LogP contribution >= 0.6 is 11.8 Å². The fourth-order valence-corrected chi connectivity index (χ4v) is 3.99. The summed E-state index contributed by atoms with van der Waals surface area (Å²) in [6.07, 6.45) is 0. The highest BCUT2D eigenvalue weighted by atomic mass is 32.2. The maximum absolute atomic E-state index is 14.0. The normalized spacial score (nSPS) is 11.0. The summed E-state index contributed by atoms with van der Waals surface area (Å²) < 4.78 is 39.9. The summed E-state index contributed by atoms with van der Waals surface area (Å²) in [5.41, 5.74) is 1.49. The Labute approximate surface area is 197 Å². The molecule has 0 aliphatic carbocycles. The Kier molecular flexibility index (Phi) is 6.30. The van der Waals surface area contributed by atoms with E-state index in [1.54, 1.807) is 30.3 Å². The lowest BCUT2D eigenvalue weighted by atomic mass is 10.2. The number of rotatable bonds is 8. The number of hydrogen-bond acceptors (Lipinski definition) is 7. The molecule has 170 valence electrons. The molecular formula is C24H17F2N5O2S. The van der Waals surface area contributed by atoms with E-state index in [4.69, 9.17) is 9.26 Å². The molecule has 10 heteroatoms. The van der Waals surface area contributed by atoms with Crippen LogP contribution in [-0.4, -0.2) is 24.9 Å². The summed E-state index contributed by atoms with van der Waals surface area (Å²) in [6.45, 7) is 0.0264. The maximum Gasteiger partial charge on any atom is 0.237 e. The second kappa shape index (κ2) is 9.84. The fourth-order valence-electron chi connectivity index (χ4n) is 3.18. The smallest absolute Gasteiger partial charge is 0.237 e. The van der Waals surface area contributed by atoms with Gasteiger partial charge in [0.25, 0.3) is 0 Å². The van der Waals surface area contributed by atoms with E-state index in [0.717, 1.165) is 5.69 Å². The van der Waals surface area contributed by atoms with Crippen LogP contribution in [0.5, 0.6) is 5.75 Å². The zero-order valence-corrected chi connectivity index (χ0v) is 18.5. The van der Waals surface area contributed by atoms with Crippen molar-refractivity contribution in [2.75, 3.05) is 0 Å². The Morgan fingerprint density at radius 3 is 2.44 bits per heavy atom. The molecule has 0 saturated carbocycles. The first-order valence-electron chi connectivity index (χ1n) is 10.3. The third-order valence-corrected chi connectivity index (χ3v) is 5.72. The Morgan fingerprint density at radius 1 is 0.882 bits per heavy atom. The lowest BCUT2D eigenvalue weighted by molar-refractivity contribution is 0.278. The minimum atomic E-state index is -0.448. The van der Waals surface area contributed by atoms with Gasteiger partial charge < -0.3 is 9.26 Å². The van der Waals surface area contributed by atoms with Crippen LogP contribution in [0.15, 0.2) is 88.5 Å². The molecule has 34 heavy (non-hydrogen) atoms. The number of nitrogens with zero attached hydrogens (tertiary/aromatic N) is 5. The van der Waals surface area contributed by atoms with E-state index in [1.165, 1.54) is 30.0 Å². The van der Waals surface area contributed by atoms with Crippen LogP contribution in [0.4, 0.5) is 8.78 Å². The van der Waals surface area contributed by atoms with E-state index in [-0.39, 0.29) is 18.2 Å². The highest BCUT2D eigenvalue weighted by Crippen LogP contribution is 2.27. The van der Waals surface area contributed by atoms with E-state index in [9.17, 15) is 8.78 Å². The van der Waals surface area contributed by atoms with Crippen LogP contribution in [0.25, 0.3) is 17.1 Å². The van der Waals surface area contributed by atoms with Crippen molar-refractivity contribution in [3.05, 3.63) is 102 Å². The highest BCUT2D eigenvalue weighted by molar-refractivity contribution is 7.98. The van der Waals surface area contributed by atoms with Gasteiger partial charge >= 0.3 is 0 Å². The molecular weight excluding hydrogens is 460 g/mol. The first-order chi connectivity index (χ1) is 16.7. The molecule has 0 bridgehead atoms. The molecule has 0 radical (unpaired) electrons. The van der Waals surface area contributed by atoms with Crippen LogP contribution in [-0.2, 0) is 12.4 Å². The van der Waals surface area contributed by atoms with Crippen molar-refractivity contribution < 1.29 is 18.0 Å². The minimum absolute atomic E-state index is 0.0264. The molecule has 7 nitrogen and oxygen atoms in total. The predicted molar refractivity (Wildman–Crippen MR) is 121 cm³/mol. The molecule has 0 spiro atoms. The van der Waals surface area contributed by atoms with Crippen molar-refractivity contribution in [2.24, 2.45) is 0 Å². The SMILES string of the molecule is Fc1ccc(-c2noc(CSc3nnc(COc4ccccc4F)n3-c3ccccc3)n2)cc1. The number of para-hydroxylation sites is 2. The van der Waals surface area contributed by atoms with E-state index < -0.39 is 5.82 Å². The van der Waals surface area contributed by atoms with Crippen LogP contribution in [0, 0.1) is 11.6 Å². The van der Waals surface area contributed by atoms with Crippen molar-refractivity contribution in [3.8, 4) is 22.8 Å². The molecule has 0 aliphatic rings. The molecule has 0 aliphatic heterocycles. The van der Waals surface area contributed by atoms with Gasteiger partial charge in [0.05, 0.1) is 5.75 Å². The van der Waals surface area contributed by atoms with Crippen molar-refractivity contribution in [1.82, 2.24) is 24.9 Å². The predicted octanol–water partition coefficient (Wildman–Crippen LogP) is 5.47. The molecule has 0 N–H and O–H groups in total. The van der Waals surface area contributed by atoms with Gasteiger partial charge in [-0.3, -0.25) is 4.57 Å². The van der Waals surface area contributed by atoms with Crippen LogP contribution in [0.3, 0.4) is 0 Å². The van der Waals surface area contributed by atoms with Gasteiger partial charge in [-0.25, -0.2) is 8.78 Å². The van der Waals surface area contributed by atoms with Crippen molar-refractivity contribution in [2.45, 2.75) is 17.5 Å². The van der Waals surface area contributed by atoms with Gasteiger partial charge in [0.1, 0.15) is 12.4 Å². The third-order valence-electron chi connectivity index (χ3n) is 4.80. The zero-order valence-electron chi connectivity index (χ0n) is 17.6. The van der Waals surface area contributed by atoms with E-state index in [2.05, 4.69) is 20.3 Å². The van der Waals surface area contributed by atoms with Crippen molar-refractivity contribution in [1.29, 1.82) is 0 Å². The van der Waals surface area contributed by atoms with E-state index >= 15 is 0 Å². The number of benzene rings is 3. The lowest BCUT2D eigenvalue weighted by Gasteiger charge is -2.11. The van der Waals surface area contributed by atoms with Crippen LogP contribution in [0.2, 0.25) is 0 Å². The molecule has 0 unspecified atom stereocenters. The third kappa shape index (κ3) is 4.81. The molecule has 2 heterocycles. The largest absolute Gasteiger partial charge is 0.483 e. The van der Waals surface area contributed by atoms with Crippen LogP contribution < -0.4 is 4.74 Å². The van der Waals surface area contributed by atoms with Gasteiger partial charge in [-0.15, -0.1) is 10.2 Å². The van der Waals surface area contributed by atoms with Gasteiger partial charge in [-0.05, 0) is 48.5 Å². The van der Waals surface area contributed by atoms with Gasteiger partial charge in [-0.2, -0.15) is 4.98 Å². The lowest BCUT2D eigenvalue weighted by Crippen LogP contribution is -2.07. The van der Waals surface area contributed by atoms with Gasteiger partial charge in [0.2, 0.25) is 11.7 Å². The van der Waals surface area contributed by atoms with Gasteiger partial charge in [0, 0.05) is 11.3 Å².